The molecule has 0 unspecified atom stereocenters. The zero-order chi connectivity index (χ0) is 14.5. The van der Waals surface area contributed by atoms with Crippen molar-refractivity contribution in [3.63, 3.8) is 0 Å². The summed E-state index contributed by atoms with van der Waals surface area (Å²) >= 11 is 0. The van der Waals surface area contributed by atoms with Crippen LogP contribution in [0.2, 0.25) is 0 Å². The molecule has 0 saturated heterocycles. The van der Waals surface area contributed by atoms with Gasteiger partial charge in [0.25, 0.3) is 0 Å². The summed E-state index contributed by atoms with van der Waals surface area (Å²) < 4.78 is 10.8. The number of aliphatic imine (C=N–C) groups is 1. The number of nitriles is 1. The van der Waals surface area contributed by atoms with Gasteiger partial charge in [-0.3, -0.25) is 0 Å². The molecular formula is C16H16N2O2. The van der Waals surface area contributed by atoms with E-state index in [9.17, 15) is 0 Å². The molecule has 0 aliphatic carbocycles. The molecular weight excluding hydrogens is 252 g/mol. The predicted molar refractivity (Wildman–Crippen MR) is 77.8 cm³/mol. The van der Waals surface area contributed by atoms with Gasteiger partial charge in [0.1, 0.15) is 23.1 Å². The van der Waals surface area contributed by atoms with Gasteiger partial charge < -0.3 is 9.15 Å². The summed E-state index contributed by atoms with van der Waals surface area (Å²) in [5.41, 5.74) is 2.25. The lowest BCUT2D eigenvalue weighted by atomic mass is 10.2. The van der Waals surface area contributed by atoms with Gasteiger partial charge in [-0.1, -0.05) is 0 Å². The van der Waals surface area contributed by atoms with E-state index in [-0.39, 0.29) is 0 Å². The molecule has 102 valence electrons. The average molecular weight is 268 g/mol. The van der Waals surface area contributed by atoms with E-state index in [0.717, 1.165) is 22.6 Å². The topological polar surface area (TPSA) is 58.5 Å². The van der Waals surface area contributed by atoms with E-state index in [0.29, 0.717) is 18.1 Å². The third kappa shape index (κ3) is 2.89. The normalized spacial score (nSPS) is 10.7. The molecule has 0 aliphatic heterocycles. The van der Waals surface area contributed by atoms with Crippen LogP contribution < -0.4 is 4.74 Å². The molecule has 4 heteroatoms. The van der Waals surface area contributed by atoms with Crippen molar-refractivity contribution in [3.05, 3.63) is 46.7 Å². The van der Waals surface area contributed by atoms with Gasteiger partial charge in [0.15, 0.2) is 0 Å². The zero-order valence-electron chi connectivity index (χ0n) is 11.8. The first-order chi connectivity index (χ1) is 9.65. The number of hydrogen-bond donors (Lipinski definition) is 0. The quantitative estimate of drug-likeness (QED) is 0.790. The second-order valence-electron chi connectivity index (χ2n) is 4.34. The van der Waals surface area contributed by atoms with Gasteiger partial charge in [-0.15, -0.1) is 0 Å². The highest BCUT2D eigenvalue weighted by atomic mass is 16.5. The van der Waals surface area contributed by atoms with Crippen molar-refractivity contribution in [2.45, 2.75) is 20.8 Å². The van der Waals surface area contributed by atoms with Gasteiger partial charge in [0, 0.05) is 11.8 Å². The molecule has 0 N–H and O–H groups in total. The van der Waals surface area contributed by atoms with Gasteiger partial charge in [-0.05, 0) is 50.6 Å². The number of benzene rings is 1. The highest BCUT2D eigenvalue weighted by Crippen LogP contribution is 2.27. The summed E-state index contributed by atoms with van der Waals surface area (Å²) in [4.78, 5) is 4.25. The minimum Gasteiger partial charge on any atom is -0.494 e. The minimum atomic E-state index is 0.358. The fourth-order valence-corrected chi connectivity index (χ4v) is 1.78. The molecule has 2 aromatic rings. The minimum absolute atomic E-state index is 0.358. The van der Waals surface area contributed by atoms with E-state index < -0.39 is 0 Å². The van der Waals surface area contributed by atoms with E-state index in [1.165, 1.54) is 0 Å². The molecule has 0 radical (unpaired) electrons. The Morgan fingerprint density at radius 1 is 1.30 bits per heavy atom. The van der Waals surface area contributed by atoms with Crippen LogP contribution in [-0.2, 0) is 0 Å². The van der Waals surface area contributed by atoms with Gasteiger partial charge in [-0.25, -0.2) is 4.99 Å². The summed E-state index contributed by atoms with van der Waals surface area (Å²) in [5.74, 6) is 1.91. The van der Waals surface area contributed by atoms with Crippen molar-refractivity contribution in [1.82, 2.24) is 0 Å². The number of nitrogens with zero attached hydrogens (tertiary/aromatic N) is 2. The second kappa shape index (κ2) is 6.07. The fraction of sp³-hybridized carbons (Fsp3) is 0.250. The lowest BCUT2D eigenvalue weighted by Gasteiger charge is -2.01. The largest absolute Gasteiger partial charge is 0.494 e. The fourth-order valence-electron chi connectivity index (χ4n) is 1.78. The molecule has 20 heavy (non-hydrogen) atoms. The van der Waals surface area contributed by atoms with Crippen molar-refractivity contribution < 1.29 is 9.15 Å². The van der Waals surface area contributed by atoms with Crippen LogP contribution in [0.15, 0.2) is 33.7 Å². The Morgan fingerprint density at radius 2 is 2.00 bits per heavy atom. The molecule has 0 fully saturated rings. The highest BCUT2D eigenvalue weighted by Gasteiger charge is 2.12. The molecule has 4 nitrogen and oxygen atoms in total. The average Bonchev–Trinajstić information content (AvgIpc) is 2.73. The van der Waals surface area contributed by atoms with Gasteiger partial charge in [0.05, 0.1) is 6.61 Å². The Kier molecular flexibility index (Phi) is 4.21. The van der Waals surface area contributed by atoms with Crippen LogP contribution >= 0.6 is 0 Å². The van der Waals surface area contributed by atoms with Crippen LogP contribution in [0.25, 0.3) is 0 Å². The van der Waals surface area contributed by atoms with E-state index in [4.69, 9.17) is 14.4 Å². The Hall–Kier alpha value is -2.54. The molecule has 0 bridgehead atoms. The van der Waals surface area contributed by atoms with Crippen molar-refractivity contribution in [2.75, 3.05) is 6.61 Å². The molecule has 1 aromatic carbocycles. The van der Waals surface area contributed by atoms with Crippen molar-refractivity contribution >= 4 is 12.1 Å². The van der Waals surface area contributed by atoms with Crippen molar-refractivity contribution in [2.24, 2.45) is 4.99 Å². The Labute approximate surface area is 118 Å². The first-order valence-electron chi connectivity index (χ1n) is 6.42. The number of ether oxygens (including phenoxy) is 1. The van der Waals surface area contributed by atoms with E-state index in [2.05, 4.69) is 11.1 Å². The molecule has 0 amide bonds. The summed E-state index contributed by atoms with van der Waals surface area (Å²) in [7, 11) is 0. The van der Waals surface area contributed by atoms with Crippen molar-refractivity contribution in [3.8, 4) is 11.8 Å². The SMILES string of the molecule is CCOc1ccc(C=Nc2oc(C)c(C)c2C#N)cc1. The maximum absolute atomic E-state index is 9.10. The third-order valence-electron chi connectivity index (χ3n) is 3.00. The predicted octanol–water partition coefficient (Wildman–Crippen LogP) is 3.92. The second-order valence-corrected chi connectivity index (χ2v) is 4.34. The van der Waals surface area contributed by atoms with Crippen LogP contribution in [0.3, 0.4) is 0 Å². The number of hydrogen-bond acceptors (Lipinski definition) is 4. The van der Waals surface area contributed by atoms with Gasteiger partial charge in [-0.2, -0.15) is 5.26 Å². The number of furan rings is 1. The molecule has 0 atom stereocenters. The summed E-state index contributed by atoms with van der Waals surface area (Å²) in [6.45, 7) is 6.27. The van der Waals surface area contributed by atoms with Gasteiger partial charge >= 0.3 is 0 Å². The van der Waals surface area contributed by atoms with E-state index in [1.54, 1.807) is 6.21 Å². The summed E-state index contributed by atoms with van der Waals surface area (Å²) in [6.07, 6.45) is 1.67. The Bertz CT molecular complexity index is 661. The maximum atomic E-state index is 9.10. The van der Waals surface area contributed by atoms with Crippen LogP contribution in [0.5, 0.6) is 5.75 Å². The molecule has 0 aliphatic rings. The van der Waals surface area contributed by atoms with Crippen LogP contribution in [0.1, 0.15) is 29.4 Å². The van der Waals surface area contributed by atoms with Crippen molar-refractivity contribution in [1.29, 1.82) is 5.26 Å². The smallest absolute Gasteiger partial charge is 0.237 e. The highest BCUT2D eigenvalue weighted by molar-refractivity contribution is 5.82. The molecule has 0 spiro atoms. The first-order valence-corrected chi connectivity index (χ1v) is 6.42. The van der Waals surface area contributed by atoms with Crippen LogP contribution in [-0.4, -0.2) is 12.8 Å². The molecule has 1 aromatic heterocycles. The summed E-state index contributed by atoms with van der Waals surface area (Å²) in [5, 5.41) is 9.10. The van der Waals surface area contributed by atoms with Crippen LogP contribution in [0, 0.1) is 25.2 Å². The van der Waals surface area contributed by atoms with Crippen LogP contribution in [0.4, 0.5) is 5.88 Å². The summed E-state index contributed by atoms with van der Waals surface area (Å²) in [6, 6.07) is 9.70. The Balaban J connectivity index is 2.21. The molecule has 2 rings (SSSR count). The number of aryl methyl sites for hydroxylation is 1. The molecule has 0 saturated carbocycles. The van der Waals surface area contributed by atoms with Gasteiger partial charge in [0.2, 0.25) is 5.88 Å². The standard InChI is InChI=1S/C16H16N2O2/c1-4-19-14-7-5-13(6-8-14)10-18-16-15(9-17)11(2)12(3)20-16/h5-8,10H,4H2,1-3H3. The molecule has 1 heterocycles. The van der Waals surface area contributed by atoms with E-state index in [1.807, 2.05) is 45.0 Å². The lowest BCUT2D eigenvalue weighted by molar-refractivity contribution is 0.340. The number of rotatable bonds is 4. The van der Waals surface area contributed by atoms with E-state index >= 15 is 0 Å². The first kappa shape index (κ1) is 13.9. The maximum Gasteiger partial charge on any atom is 0.237 e. The Morgan fingerprint density at radius 3 is 2.60 bits per heavy atom. The zero-order valence-corrected chi connectivity index (χ0v) is 11.8. The lowest BCUT2D eigenvalue weighted by Crippen LogP contribution is -1.91. The monoisotopic (exact) mass is 268 g/mol. The third-order valence-corrected chi connectivity index (χ3v) is 3.00.